The third-order valence-corrected chi connectivity index (χ3v) is 7.37. The van der Waals surface area contributed by atoms with E-state index in [1.54, 1.807) is 6.92 Å². The van der Waals surface area contributed by atoms with Crippen molar-refractivity contribution in [2.45, 2.75) is 53.1 Å². The predicted molar refractivity (Wildman–Crippen MR) is 153 cm³/mol. The lowest BCUT2D eigenvalue weighted by Crippen LogP contribution is -2.46. The number of nitrogens with zero attached hydrogens (tertiary/aromatic N) is 5. The quantitative estimate of drug-likeness (QED) is 0.381. The molecule has 2 N–H and O–H groups in total. The summed E-state index contributed by atoms with van der Waals surface area (Å²) in [6.45, 7) is 16.3. The number of carbonyl (C=O) groups is 1. The normalized spacial score (nSPS) is 14.8. The van der Waals surface area contributed by atoms with E-state index in [1.807, 2.05) is 6.92 Å². The first-order chi connectivity index (χ1) is 18.2. The van der Waals surface area contributed by atoms with Crippen LogP contribution in [0.1, 0.15) is 44.8 Å². The standard InChI is InChI=1S/C30H39N7O/c1-21-32-25(20-37(21)14-13-31-22(2)38)19-35-15-17-36(18-16-35)27-8-6-7-26-28(27)34-29(33-26)23-9-11-24(12-10-23)30(3,4)5/h6-12,20H,13-19H2,1-5H3,(H,31,38)(H,33,34). The van der Waals surface area contributed by atoms with Gasteiger partial charge in [-0.15, -0.1) is 0 Å². The number of para-hydroxylation sites is 1. The van der Waals surface area contributed by atoms with Crippen molar-refractivity contribution in [3.63, 3.8) is 0 Å². The van der Waals surface area contributed by atoms with E-state index in [2.05, 4.69) is 94.1 Å². The zero-order valence-electron chi connectivity index (χ0n) is 23.2. The van der Waals surface area contributed by atoms with Gasteiger partial charge in [0.25, 0.3) is 0 Å². The van der Waals surface area contributed by atoms with E-state index >= 15 is 0 Å². The van der Waals surface area contributed by atoms with Crippen molar-refractivity contribution in [3.05, 3.63) is 65.7 Å². The lowest BCUT2D eigenvalue weighted by Gasteiger charge is -2.35. The minimum absolute atomic E-state index is 0.00243. The molecule has 0 aliphatic carbocycles. The average Bonchev–Trinajstić information content (AvgIpc) is 3.47. The minimum Gasteiger partial charge on any atom is -0.367 e. The summed E-state index contributed by atoms with van der Waals surface area (Å²) in [6, 6.07) is 15.2. The molecule has 2 aromatic heterocycles. The number of nitrogens with one attached hydrogen (secondary N) is 2. The molecule has 0 bridgehead atoms. The number of piperazine rings is 1. The van der Waals surface area contributed by atoms with Crippen LogP contribution in [0.4, 0.5) is 5.69 Å². The largest absolute Gasteiger partial charge is 0.367 e. The molecule has 8 heteroatoms. The molecule has 1 aliphatic heterocycles. The van der Waals surface area contributed by atoms with E-state index in [0.29, 0.717) is 6.54 Å². The zero-order valence-corrected chi connectivity index (χ0v) is 23.2. The summed E-state index contributed by atoms with van der Waals surface area (Å²) in [5, 5.41) is 2.85. The topological polar surface area (TPSA) is 82.1 Å². The van der Waals surface area contributed by atoms with E-state index in [-0.39, 0.29) is 11.3 Å². The van der Waals surface area contributed by atoms with E-state index in [4.69, 9.17) is 9.97 Å². The van der Waals surface area contributed by atoms with Crippen LogP contribution in [0, 0.1) is 6.92 Å². The minimum atomic E-state index is -0.00243. The Hall–Kier alpha value is -3.65. The Balaban J connectivity index is 1.24. The Morgan fingerprint density at radius 2 is 1.76 bits per heavy atom. The van der Waals surface area contributed by atoms with Crippen molar-refractivity contribution < 1.29 is 4.79 Å². The second-order valence-corrected chi connectivity index (χ2v) is 11.3. The van der Waals surface area contributed by atoms with Gasteiger partial charge in [-0.1, -0.05) is 51.1 Å². The Kier molecular flexibility index (Phi) is 7.25. The van der Waals surface area contributed by atoms with Crippen LogP contribution in [-0.2, 0) is 23.3 Å². The second kappa shape index (κ2) is 10.6. The predicted octanol–water partition coefficient (Wildman–Crippen LogP) is 4.49. The van der Waals surface area contributed by atoms with Gasteiger partial charge in [0.2, 0.25) is 5.91 Å². The molecule has 4 aromatic rings. The maximum Gasteiger partial charge on any atom is 0.216 e. The average molecular weight is 514 g/mol. The Morgan fingerprint density at radius 1 is 1.03 bits per heavy atom. The van der Waals surface area contributed by atoms with E-state index in [9.17, 15) is 4.79 Å². The molecule has 2 aromatic carbocycles. The highest BCUT2D eigenvalue weighted by Crippen LogP contribution is 2.30. The van der Waals surface area contributed by atoms with Crippen LogP contribution in [0.2, 0.25) is 0 Å². The number of imidazole rings is 2. The van der Waals surface area contributed by atoms with Crippen LogP contribution >= 0.6 is 0 Å². The third kappa shape index (κ3) is 5.75. The molecule has 8 nitrogen and oxygen atoms in total. The number of H-pyrrole nitrogens is 1. The first-order valence-electron chi connectivity index (χ1n) is 13.5. The fourth-order valence-corrected chi connectivity index (χ4v) is 5.14. The molecule has 0 radical (unpaired) electrons. The molecule has 0 unspecified atom stereocenters. The molecule has 1 aliphatic rings. The SMILES string of the molecule is CC(=O)NCCn1cc(CN2CCN(c3cccc4[nH]c(-c5ccc(C(C)(C)C)cc5)nc34)CC2)nc1C. The monoisotopic (exact) mass is 513 g/mol. The lowest BCUT2D eigenvalue weighted by atomic mass is 9.87. The molecule has 200 valence electrons. The van der Waals surface area contributed by atoms with Crippen LogP contribution in [0.25, 0.3) is 22.4 Å². The highest BCUT2D eigenvalue weighted by Gasteiger charge is 2.21. The van der Waals surface area contributed by atoms with Gasteiger partial charge in [-0.25, -0.2) is 9.97 Å². The highest BCUT2D eigenvalue weighted by molar-refractivity contribution is 5.91. The van der Waals surface area contributed by atoms with Gasteiger partial charge < -0.3 is 19.8 Å². The van der Waals surface area contributed by atoms with Crippen LogP contribution in [0.3, 0.4) is 0 Å². The molecule has 3 heterocycles. The summed E-state index contributed by atoms with van der Waals surface area (Å²) in [5.41, 5.74) is 6.93. The Bertz CT molecular complexity index is 1400. The molecule has 38 heavy (non-hydrogen) atoms. The van der Waals surface area contributed by atoms with Crippen molar-refractivity contribution in [1.82, 2.24) is 29.7 Å². The van der Waals surface area contributed by atoms with E-state index in [0.717, 1.165) is 73.2 Å². The number of hydrogen-bond donors (Lipinski definition) is 2. The number of fused-ring (bicyclic) bond motifs is 1. The number of aromatic amines is 1. The molecule has 1 fully saturated rings. The van der Waals surface area contributed by atoms with Crippen molar-refractivity contribution >= 4 is 22.6 Å². The first-order valence-corrected chi connectivity index (χ1v) is 13.5. The van der Waals surface area contributed by atoms with Crippen molar-refractivity contribution in [2.24, 2.45) is 0 Å². The van der Waals surface area contributed by atoms with Crippen LogP contribution < -0.4 is 10.2 Å². The van der Waals surface area contributed by atoms with Gasteiger partial charge in [0.15, 0.2) is 0 Å². The molecular formula is C30H39N7O. The molecule has 1 saturated heterocycles. The summed E-state index contributed by atoms with van der Waals surface area (Å²) in [4.78, 5) is 29.4. The fourth-order valence-electron chi connectivity index (χ4n) is 5.14. The van der Waals surface area contributed by atoms with Crippen molar-refractivity contribution in [1.29, 1.82) is 0 Å². The molecule has 0 spiro atoms. The van der Waals surface area contributed by atoms with E-state index < -0.39 is 0 Å². The molecule has 0 atom stereocenters. The number of benzene rings is 2. The number of aromatic nitrogens is 4. The van der Waals surface area contributed by atoms with Gasteiger partial charge in [0.1, 0.15) is 17.2 Å². The van der Waals surface area contributed by atoms with Crippen molar-refractivity contribution in [2.75, 3.05) is 37.6 Å². The van der Waals surface area contributed by atoms with Crippen molar-refractivity contribution in [3.8, 4) is 11.4 Å². The van der Waals surface area contributed by atoms with Gasteiger partial charge in [-0.05, 0) is 30.0 Å². The molecular weight excluding hydrogens is 474 g/mol. The number of carbonyl (C=O) groups excluding carboxylic acids is 1. The zero-order chi connectivity index (χ0) is 26.9. The number of amides is 1. The summed E-state index contributed by atoms with van der Waals surface area (Å²) < 4.78 is 2.12. The summed E-state index contributed by atoms with van der Waals surface area (Å²) in [7, 11) is 0. The third-order valence-electron chi connectivity index (χ3n) is 7.37. The number of rotatable bonds is 7. The molecule has 5 rings (SSSR count). The number of anilines is 1. The molecule has 1 amide bonds. The fraction of sp³-hybridized carbons (Fsp3) is 0.433. The van der Waals surface area contributed by atoms with E-state index in [1.165, 1.54) is 11.3 Å². The van der Waals surface area contributed by atoms with Gasteiger partial charge >= 0.3 is 0 Å². The lowest BCUT2D eigenvalue weighted by molar-refractivity contribution is -0.118. The number of hydrogen-bond acceptors (Lipinski definition) is 5. The van der Waals surface area contributed by atoms with Crippen LogP contribution in [-0.4, -0.2) is 63.0 Å². The van der Waals surface area contributed by atoms with Gasteiger partial charge in [0, 0.05) is 64.5 Å². The summed E-state index contributed by atoms with van der Waals surface area (Å²) in [5.74, 6) is 1.89. The molecule has 0 saturated carbocycles. The highest BCUT2D eigenvalue weighted by atomic mass is 16.1. The maximum absolute atomic E-state index is 11.1. The smallest absolute Gasteiger partial charge is 0.216 e. The summed E-state index contributed by atoms with van der Waals surface area (Å²) in [6.07, 6.45) is 2.11. The summed E-state index contributed by atoms with van der Waals surface area (Å²) >= 11 is 0. The Morgan fingerprint density at radius 3 is 2.45 bits per heavy atom. The van der Waals surface area contributed by atoms with Crippen LogP contribution in [0.5, 0.6) is 0 Å². The van der Waals surface area contributed by atoms with Gasteiger partial charge in [-0.2, -0.15) is 0 Å². The van der Waals surface area contributed by atoms with Gasteiger partial charge in [0.05, 0.1) is 16.9 Å². The van der Waals surface area contributed by atoms with Crippen LogP contribution in [0.15, 0.2) is 48.7 Å². The Labute approximate surface area is 225 Å². The second-order valence-electron chi connectivity index (χ2n) is 11.3. The maximum atomic E-state index is 11.1. The number of aryl methyl sites for hydroxylation is 1. The van der Waals surface area contributed by atoms with Gasteiger partial charge in [-0.3, -0.25) is 9.69 Å². The first kappa shape index (κ1) is 26.0.